The lowest BCUT2D eigenvalue weighted by atomic mass is 9.95. The van der Waals surface area contributed by atoms with E-state index in [1.54, 1.807) is 53.7 Å². The summed E-state index contributed by atoms with van der Waals surface area (Å²) in [6.07, 6.45) is 5.53. The van der Waals surface area contributed by atoms with Gasteiger partial charge in [0.1, 0.15) is 54.3 Å². The third-order valence-electron chi connectivity index (χ3n) is 12.4. The zero-order valence-corrected chi connectivity index (χ0v) is 43.0. The molecule has 394 valence electrons. The van der Waals surface area contributed by atoms with E-state index in [0.717, 1.165) is 0 Å². The number of rotatable bonds is 28. The van der Waals surface area contributed by atoms with Gasteiger partial charge in [-0.15, -0.1) is 0 Å². The summed E-state index contributed by atoms with van der Waals surface area (Å²) in [7, 11) is 0. The molecule has 23 heteroatoms. The number of carbonyl (C=O) groups excluding carboxylic acids is 9. The van der Waals surface area contributed by atoms with Crippen molar-refractivity contribution in [2.45, 2.75) is 154 Å². The molecule has 1 aliphatic rings. The number of nitrogens with two attached hydrogens (primary N) is 1. The predicted molar refractivity (Wildman–Crippen MR) is 266 cm³/mol. The molecule has 0 spiro atoms. The molecule has 3 rings (SSSR count). The number of thioether (sulfide) groups is 1. The Morgan fingerprint density at radius 1 is 0.789 bits per heavy atom. The zero-order chi connectivity index (χ0) is 53.1. The number of hydrogen-bond donors (Lipinski definition) is 11. The van der Waals surface area contributed by atoms with Gasteiger partial charge in [-0.3, -0.25) is 38.4 Å². The number of hydrogen-bond acceptors (Lipinski definition) is 14. The highest BCUT2D eigenvalue weighted by molar-refractivity contribution is 7.98. The van der Waals surface area contributed by atoms with Gasteiger partial charge in [-0.1, -0.05) is 60.1 Å². The molecular formula is C48H75N11O11S. The lowest BCUT2D eigenvalue weighted by Gasteiger charge is -2.33. The molecule has 2 heterocycles. The largest absolute Gasteiger partial charge is 0.508 e. The average Bonchev–Trinajstić information content (AvgIpc) is 4.05. The van der Waals surface area contributed by atoms with Crippen molar-refractivity contribution in [1.82, 2.24) is 52.1 Å². The van der Waals surface area contributed by atoms with Crippen LogP contribution in [-0.2, 0) is 56.0 Å². The molecule has 1 fully saturated rings. The van der Waals surface area contributed by atoms with Gasteiger partial charge in [0.25, 0.3) is 0 Å². The van der Waals surface area contributed by atoms with E-state index in [0.29, 0.717) is 49.0 Å². The summed E-state index contributed by atoms with van der Waals surface area (Å²) in [5, 5.41) is 38.5. The van der Waals surface area contributed by atoms with Gasteiger partial charge in [0.2, 0.25) is 47.3 Å². The molecule has 0 unspecified atom stereocenters. The van der Waals surface area contributed by atoms with Gasteiger partial charge in [0, 0.05) is 24.9 Å². The lowest BCUT2D eigenvalue weighted by molar-refractivity contribution is -0.143. The van der Waals surface area contributed by atoms with Crippen LogP contribution in [0.3, 0.4) is 0 Å². The van der Waals surface area contributed by atoms with E-state index in [1.165, 1.54) is 55.2 Å². The van der Waals surface area contributed by atoms with E-state index in [1.807, 2.05) is 6.26 Å². The second-order valence-electron chi connectivity index (χ2n) is 18.8. The van der Waals surface area contributed by atoms with Crippen LogP contribution < -0.4 is 43.0 Å². The van der Waals surface area contributed by atoms with Gasteiger partial charge in [0.05, 0.1) is 24.5 Å². The highest BCUT2D eigenvalue weighted by Crippen LogP contribution is 2.22. The predicted octanol–water partition coefficient (Wildman–Crippen LogP) is -0.677. The Morgan fingerprint density at radius 3 is 1.94 bits per heavy atom. The van der Waals surface area contributed by atoms with Crippen molar-refractivity contribution in [2.75, 3.05) is 18.6 Å². The number of likely N-dealkylation sites (tertiary alicyclic amines) is 1. The first kappa shape index (κ1) is 59.2. The Labute approximate surface area is 419 Å². The van der Waals surface area contributed by atoms with Crippen LogP contribution in [0.25, 0.3) is 0 Å². The van der Waals surface area contributed by atoms with Crippen LogP contribution in [0.1, 0.15) is 92.3 Å². The third kappa shape index (κ3) is 17.9. The van der Waals surface area contributed by atoms with Crippen molar-refractivity contribution >= 4 is 65.3 Å². The Hall–Kier alpha value is -6.07. The van der Waals surface area contributed by atoms with Crippen LogP contribution in [0.4, 0.5) is 0 Å². The van der Waals surface area contributed by atoms with Crippen LogP contribution in [0.2, 0.25) is 0 Å². The maximum absolute atomic E-state index is 14.2. The number of aldehydes is 1. The maximum Gasteiger partial charge on any atom is 0.246 e. The number of phenolic OH excluding ortho intramolecular Hbond substituents is 1. The SMILES string of the molecule is CC[C@H](C)[C@H](NC(=O)[C@H](Cc1cnc[nH]1)NC(=O)[C@H](C)NC(=O)[C@@H](NC(=O)[C@@H](N)CCSC)[C@@H](C)O)C(=O)N[C@H](C(=O)N[C@H](C(=O)N1CCC[C@H]1C(=O)N[C@H](C=O)Cc1ccc(O)cc1)C(C)C)C(C)C. The van der Waals surface area contributed by atoms with Crippen LogP contribution in [0, 0.1) is 17.8 Å². The second kappa shape index (κ2) is 28.7. The number of aromatic amines is 1. The fourth-order valence-electron chi connectivity index (χ4n) is 7.80. The molecule has 1 saturated heterocycles. The van der Waals surface area contributed by atoms with Crippen LogP contribution in [0.15, 0.2) is 36.8 Å². The monoisotopic (exact) mass is 1010 g/mol. The Balaban J connectivity index is 1.75. The van der Waals surface area contributed by atoms with Crippen LogP contribution in [-0.4, -0.2) is 158 Å². The summed E-state index contributed by atoms with van der Waals surface area (Å²) in [6, 6.07) is -4.12. The first-order chi connectivity index (χ1) is 33.5. The molecule has 12 N–H and O–H groups in total. The summed E-state index contributed by atoms with van der Waals surface area (Å²) in [4.78, 5) is 130. The minimum Gasteiger partial charge on any atom is -0.508 e. The first-order valence-corrected chi connectivity index (χ1v) is 25.5. The zero-order valence-electron chi connectivity index (χ0n) is 42.2. The van der Waals surface area contributed by atoms with E-state index >= 15 is 0 Å². The molecule has 11 atom stereocenters. The summed E-state index contributed by atoms with van der Waals surface area (Å²) < 4.78 is 0. The number of carbonyl (C=O) groups is 9. The number of imidazole rings is 1. The smallest absolute Gasteiger partial charge is 0.246 e. The van der Waals surface area contributed by atoms with Gasteiger partial charge in [-0.2, -0.15) is 11.8 Å². The van der Waals surface area contributed by atoms with E-state index in [2.05, 4.69) is 47.2 Å². The van der Waals surface area contributed by atoms with Crippen LogP contribution >= 0.6 is 11.8 Å². The van der Waals surface area contributed by atoms with Crippen molar-refractivity contribution < 1.29 is 53.4 Å². The van der Waals surface area contributed by atoms with Gasteiger partial charge < -0.3 is 67.8 Å². The number of nitrogens with zero attached hydrogens (tertiary/aromatic N) is 2. The molecule has 71 heavy (non-hydrogen) atoms. The van der Waals surface area contributed by atoms with Crippen molar-refractivity contribution in [3.63, 3.8) is 0 Å². The molecule has 0 radical (unpaired) electrons. The van der Waals surface area contributed by atoms with Crippen molar-refractivity contribution in [3.05, 3.63) is 48.0 Å². The van der Waals surface area contributed by atoms with E-state index < -0.39 is 125 Å². The van der Waals surface area contributed by atoms with Crippen LogP contribution in [0.5, 0.6) is 5.75 Å². The van der Waals surface area contributed by atoms with Crippen molar-refractivity contribution in [2.24, 2.45) is 23.5 Å². The number of aliphatic hydroxyl groups is 1. The molecule has 1 aromatic heterocycles. The van der Waals surface area contributed by atoms with Gasteiger partial charge in [-0.05, 0) is 87.0 Å². The number of aromatic hydroxyl groups is 1. The fraction of sp³-hybridized carbons (Fsp3) is 0.625. The Bertz CT molecular complexity index is 2110. The van der Waals surface area contributed by atoms with E-state index in [9.17, 15) is 53.4 Å². The van der Waals surface area contributed by atoms with Crippen molar-refractivity contribution in [1.29, 1.82) is 0 Å². The Morgan fingerprint density at radius 2 is 1.38 bits per heavy atom. The molecular weight excluding hydrogens is 939 g/mol. The summed E-state index contributed by atoms with van der Waals surface area (Å²) in [5.74, 6) is -6.37. The normalized spacial score (nSPS) is 17.8. The van der Waals surface area contributed by atoms with Gasteiger partial charge >= 0.3 is 0 Å². The lowest BCUT2D eigenvalue weighted by Crippen LogP contribution is -2.62. The number of H-pyrrole nitrogens is 1. The molecule has 8 amide bonds. The number of benzene rings is 1. The molecule has 1 aromatic carbocycles. The molecule has 22 nitrogen and oxygen atoms in total. The summed E-state index contributed by atoms with van der Waals surface area (Å²) in [5.41, 5.74) is 7.10. The second-order valence-corrected chi connectivity index (χ2v) is 19.8. The number of aromatic nitrogens is 2. The minimum atomic E-state index is -1.45. The Kier molecular flexibility index (Phi) is 23.9. The standard InChI is InChI=1S/C48H75N11O11S/c1-10-27(6)39(57-43(65)35(21-31-22-50-24-51-31)54-41(63)28(7)52-47(69)40(29(8)61)58-42(64)34(49)17-19-71-9)46(68)55-37(25(2)3)45(67)56-38(26(4)5)48(70)59-18-11-12-36(59)44(66)53-32(23-60)20-30-13-15-33(62)16-14-30/h13-16,22-29,32,34-40,61-62H,10-12,17-21,49H2,1-9H3,(H,50,51)(H,52,69)(H,53,66)(H,54,63)(H,55,68)(H,56,67)(H,57,65)(H,58,64)/t27-,28-,29+,32-,34-,35-,36-,37-,38-,39-,40-/m0/s1. The number of aliphatic hydroxyl groups excluding tert-OH is 1. The quantitative estimate of drug-likeness (QED) is 0.0471. The highest BCUT2D eigenvalue weighted by Gasteiger charge is 2.41. The average molecular weight is 1010 g/mol. The van der Waals surface area contributed by atoms with E-state index in [4.69, 9.17) is 5.73 Å². The third-order valence-corrected chi connectivity index (χ3v) is 13.0. The molecule has 1 aliphatic heterocycles. The van der Waals surface area contributed by atoms with Gasteiger partial charge in [0.15, 0.2) is 0 Å². The minimum absolute atomic E-state index is 0.0561. The number of nitrogens with one attached hydrogen (secondary N) is 8. The van der Waals surface area contributed by atoms with E-state index in [-0.39, 0.29) is 25.1 Å². The summed E-state index contributed by atoms with van der Waals surface area (Å²) in [6.45, 7) is 13.3. The van der Waals surface area contributed by atoms with Gasteiger partial charge in [-0.25, -0.2) is 4.98 Å². The number of amides is 8. The maximum atomic E-state index is 14.2. The molecule has 0 bridgehead atoms. The fourth-order valence-corrected chi connectivity index (χ4v) is 8.29. The molecule has 0 saturated carbocycles. The number of phenols is 1. The topological polar surface area (TPSA) is 336 Å². The molecule has 2 aromatic rings. The molecule has 0 aliphatic carbocycles. The highest BCUT2D eigenvalue weighted by atomic mass is 32.2. The first-order valence-electron chi connectivity index (χ1n) is 24.1. The summed E-state index contributed by atoms with van der Waals surface area (Å²) >= 11 is 1.49. The van der Waals surface area contributed by atoms with Crippen molar-refractivity contribution in [3.8, 4) is 5.75 Å².